The molecule has 1 saturated carbocycles. The predicted octanol–water partition coefficient (Wildman–Crippen LogP) is -0.775. The van der Waals surface area contributed by atoms with Crippen LogP contribution in [-0.4, -0.2) is 37.0 Å². The molecule has 1 aromatic heterocycles. The second-order valence-electron chi connectivity index (χ2n) is 4.34. The molecule has 7 nitrogen and oxygen atoms in total. The number of sulfonamides is 1. The van der Waals surface area contributed by atoms with Crippen LogP contribution in [0.2, 0.25) is 0 Å². The number of aryl methyl sites for hydroxylation is 1. The third kappa shape index (κ3) is 3.30. The summed E-state index contributed by atoms with van der Waals surface area (Å²) in [6.07, 6.45) is 4.71. The first-order chi connectivity index (χ1) is 8.49. The van der Waals surface area contributed by atoms with Crippen LogP contribution in [0.4, 0.5) is 0 Å². The van der Waals surface area contributed by atoms with Crippen LogP contribution in [0.15, 0.2) is 17.6 Å². The fourth-order valence-corrected chi connectivity index (χ4v) is 2.47. The highest BCUT2D eigenvalue weighted by atomic mass is 32.2. The van der Waals surface area contributed by atoms with E-state index in [1.54, 1.807) is 11.6 Å². The molecule has 1 heterocycles. The van der Waals surface area contributed by atoms with Crippen molar-refractivity contribution in [3.8, 4) is 0 Å². The van der Waals surface area contributed by atoms with Crippen molar-refractivity contribution in [1.82, 2.24) is 19.6 Å². The number of hydrogen-bond donors (Lipinski definition) is 2. The Kier molecular flexibility index (Phi) is 3.67. The molecule has 2 rings (SSSR count). The normalized spacial score (nSPS) is 15.6. The minimum atomic E-state index is -3.58. The first-order valence-corrected chi connectivity index (χ1v) is 7.23. The number of nitrogens with zero attached hydrogens (tertiary/aromatic N) is 2. The van der Waals surface area contributed by atoms with Gasteiger partial charge in [-0.1, -0.05) is 0 Å². The van der Waals surface area contributed by atoms with Crippen molar-refractivity contribution in [2.45, 2.75) is 17.9 Å². The molecule has 1 fully saturated rings. The molecule has 0 atom stereocenters. The SMILES string of the molecule is Cn1cnc(S(=O)(=O)NCCNC(=O)C2CC2)c1. The minimum Gasteiger partial charge on any atom is -0.355 e. The lowest BCUT2D eigenvalue weighted by Crippen LogP contribution is -2.35. The molecular formula is C10H16N4O3S. The van der Waals surface area contributed by atoms with Gasteiger partial charge in [0.25, 0.3) is 10.0 Å². The second-order valence-corrected chi connectivity index (χ2v) is 6.05. The summed E-state index contributed by atoms with van der Waals surface area (Å²) in [5, 5.41) is 2.67. The first kappa shape index (κ1) is 13.0. The van der Waals surface area contributed by atoms with E-state index in [0.29, 0.717) is 6.54 Å². The fourth-order valence-electron chi connectivity index (χ4n) is 1.46. The molecule has 8 heteroatoms. The van der Waals surface area contributed by atoms with Crippen LogP contribution in [0.1, 0.15) is 12.8 Å². The van der Waals surface area contributed by atoms with Gasteiger partial charge in [-0.15, -0.1) is 0 Å². The lowest BCUT2D eigenvalue weighted by Gasteiger charge is -2.05. The zero-order valence-electron chi connectivity index (χ0n) is 10.1. The topological polar surface area (TPSA) is 93.1 Å². The van der Waals surface area contributed by atoms with Crippen LogP contribution in [0.5, 0.6) is 0 Å². The maximum atomic E-state index is 11.7. The van der Waals surface area contributed by atoms with E-state index < -0.39 is 10.0 Å². The van der Waals surface area contributed by atoms with E-state index in [2.05, 4.69) is 15.0 Å². The molecule has 0 bridgehead atoms. The summed E-state index contributed by atoms with van der Waals surface area (Å²) in [7, 11) is -1.88. The van der Waals surface area contributed by atoms with Crippen LogP contribution in [-0.2, 0) is 21.9 Å². The van der Waals surface area contributed by atoms with Crippen LogP contribution in [0.3, 0.4) is 0 Å². The molecule has 1 amide bonds. The molecule has 0 radical (unpaired) electrons. The summed E-state index contributed by atoms with van der Waals surface area (Å²) in [6.45, 7) is 0.457. The minimum absolute atomic E-state index is 0.00651. The number of carbonyl (C=O) groups excluding carboxylic acids is 1. The Morgan fingerprint density at radius 2 is 2.22 bits per heavy atom. The average Bonchev–Trinajstić information content (AvgIpc) is 3.07. The van der Waals surface area contributed by atoms with Gasteiger partial charge in [-0.25, -0.2) is 18.1 Å². The van der Waals surface area contributed by atoms with E-state index >= 15 is 0 Å². The average molecular weight is 272 g/mol. The quantitative estimate of drug-likeness (QED) is 0.665. The number of amides is 1. The van der Waals surface area contributed by atoms with Crippen molar-refractivity contribution >= 4 is 15.9 Å². The van der Waals surface area contributed by atoms with Crippen molar-refractivity contribution in [2.24, 2.45) is 13.0 Å². The highest BCUT2D eigenvalue weighted by Crippen LogP contribution is 2.28. The van der Waals surface area contributed by atoms with Crippen LogP contribution >= 0.6 is 0 Å². The summed E-state index contributed by atoms with van der Waals surface area (Å²) in [4.78, 5) is 15.1. The number of hydrogen-bond acceptors (Lipinski definition) is 4. The number of aromatic nitrogens is 2. The van der Waals surface area contributed by atoms with E-state index in [4.69, 9.17) is 0 Å². The van der Waals surface area contributed by atoms with Crippen LogP contribution < -0.4 is 10.0 Å². The lowest BCUT2D eigenvalue weighted by molar-refractivity contribution is -0.122. The molecular weight excluding hydrogens is 256 g/mol. The van der Waals surface area contributed by atoms with Gasteiger partial charge in [0, 0.05) is 32.3 Å². The van der Waals surface area contributed by atoms with Gasteiger partial charge in [-0.05, 0) is 12.8 Å². The summed E-state index contributed by atoms with van der Waals surface area (Å²) in [5.41, 5.74) is 0. The zero-order valence-corrected chi connectivity index (χ0v) is 10.9. The Bertz CT molecular complexity index is 533. The molecule has 1 aliphatic carbocycles. The van der Waals surface area contributed by atoms with Crippen molar-refractivity contribution in [3.05, 3.63) is 12.5 Å². The maximum Gasteiger partial charge on any atom is 0.259 e. The van der Waals surface area contributed by atoms with E-state index in [-0.39, 0.29) is 23.4 Å². The Hall–Kier alpha value is -1.41. The number of imidazole rings is 1. The Balaban J connectivity index is 1.76. The molecule has 18 heavy (non-hydrogen) atoms. The molecule has 100 valence electrons. The summed E-state index contributed by atoms with van der Waals surface area (Å²) >= 11 is 0. The van der Waals surface area contributed by atoms with E-state index in [0.717, 1.165) is 12.8 Å². The molecule has 0 aromatic carbocycles. The standard InChI is InChI=1S/C10H16N4O3S/c1-14-6-9(12-7-14)18(16,17)13-5-4-11-10(15)8-2-3-8/h6-8,13H,2-5H2,1H3,(H,11,15). The van der Waals surface area contributed by atoms with Crippen LogP contribution in [0, 0.1) is 5.92 Å². The Morgan fingerprint density at radius 3 is 2.78 bits per heavy atom. The maximum absolute atomic E-state index is 11.7. The highest BCUT2D eigenvalue weighted by molar-refractivity contribution is 7.89. The van der Waals surface area contributed by atoms with E-state index in [9.17, 15) is 13.2 Å². The largest absolute Gasteiger partial charge is 0.355 e. The van der Waals surface area contributed by atoms with Crippen molar-refractivity contribution < 1.29 is 13.2 Å². The fraction of sp³-hybridized carbons (Fsp3) is 0.600. The van der Waals surface area contributed by atoms with Gasteiger partial charge >= 0.3 is 0 Å². The van der Waals surface area contributed by atoms with Gasteiger partial charge in [0.2, 0.25) is 5.91 Å². The van der Waals surface area contributed by atoms with Gasteiger partial charge in [-0.3, -0.25) is 4.79 Å². The van der Waals surface area contributed by atoms with E-state index in [1.165, 1.54) is 12.5 Å². The molecule has 0 unspecified atom stereocenters. The Morgan fingerprint density at radius 1 is 1.50 bits per heavy atom. The predicted molar refractivity (Wildman–Crippen MR) is 64.1 cm³/mol. The third-order valence-electron chi connectivity index (χ3n) is 2.62. The molecule has 1 aliphatic rings. The van der Waals surface area contributed by atoms with Crippen molar-refractivity contribution in [3.63, 3.8) is 0 Å². The van der Waals surface area contributed by atoms with Crippen molar-refractivity contribution in [2.75, 3.05) is 13.1 Å². The van der Waals surface area contributed by atoms with Gasteiger partial charge in [0.15, 0.2) is 5.03 Å². The smallest absolute Gasteiger partial charge is 0.259 e. The van der Waals surface area contributed by atoms with E-state index in [1.807, 2.05) is 0 Å². The summed E-state index contributed by atoms with van der Waals surface area (Å²) < 4.78 is 27.4. The number of carbonyl (C=O) groups is 1. The highest BCUT2D eigenvalue weighted by Gasteiger charge is 2.29. The molecule has 0 aliphatic heterocycles. The monoisotopic (exact) mass is 272 g/mol. The summed E-state index contributed by atoms with van der Waals surface area (Å²) in [5.74, 6) is 0.143. The molecule has 2 N–H and O–H groups in total. The zero-order chi connectivity index (χ0) is 13.2. The van der Waals surface area contributed by atoms with Gasteiger partial charge in [-0.2, -0.15) is 0 Å². The van der Waals surface area contributed by atoms with Gasteiger partial charge < -0.3 is 9.88 Å². The van der Waals surface area contributed by atoms with Gasteiger partial charge in [0.1, 0.15) is 0 Å². The first-order valence-electron chi connectivity index (χ1n) is 5.74. The lowest BCUT2D eigenvalue weighted by atomic mass is 10.4. The molecule has 0 spiro atoms. The van der Waals surface area contributed by atoms with Gasteiger partial charge in [0.05, 0.1) is 6.33 Å². The summed E-state index contributed by atoms with van der Waals surface area (Å²) in [6, 6.07) is 0. The van der Waals surface area contributed by atoms with Crippen molar-refractivity contribution in [1.29, 1.82) is 0 Å². The Labute approximate surface area is 106 Å². The third-order valence-corrected chi connectivity index (χ3v) is 3.97. The second kappa shape index (κ2) is 5.07. The van der Waals surface area contributed by atoms with Crippen LogP contribution in [0.25, 0.3) is 0 Å². The molecule has 0 saturated heterocycles. The number of rotatable bonds is 6. The molecule has 1 aromatic rings. The number of nitrogens with one attached hydrogen (secondary N) is 2.